The topological polar surface area (TPSA) is 29.3 Å². The zero-order chi connectivity index (χ0) is 17.6. The van der Waals surface area contributed by atoms with E-state index in [1.54, 1.807) is 6.07 Å². The first kappa shape index (κ1) is 15.7. The number of anilines is 1. The Labute approximate surface area is 142 Å². The van der Waals surface area contributed by atoms with Crippen molar-refractivity contribution in [3.05, 3.63) is 65.4 Å². The van der Waals surface area contributed by atoms with Gasteiger partial charge in [0.2, 0.25) is 0 Å². The normalized spacial score (nSPS) is 15.8. The van der Waals surface area contributed by atoms with Crippen molar-refractivity contribution in [2.24, 2.45) is 5.10 Å². The number of hydrogen-bond acceptors (Lipinski definition) is 2. The van der Waals surface area contributed by atoms with E-state index in [-0.39, 0.29) is 0 Å². The number of nitrogens with zero attached hydrogens (tertiary/aromatic N) is 2. The summed E-state index contributed by atoms with van der Waals surface area (Å²) in [6.07, 6.45) is -3.60. The van der Waals surface area contributed by atoms with E-state index in [2.05, 4.69) is 34.2 Å². The second-order valence-corrected chi connectivity index (χ2v) is 6.14. The predicted molar refractivity (Wildman–Crippen MR) is 92.9 cm³/mol. The van der Waals surface area contributed by atoms with Crippen molar-refractivity contribution in [1.29, 1.82) is 0 Å². The van der Waals surface area contributed by atoms with Crippen LogP contribution < -0.4 is 5.43 Å². The van der Waals surface area contributed by atoms with E-state index in [9.17, 15) is 13.2 Å². The molecule has 0 aliphatic carbocycles. The molecule has 0 spiro atoms. The molecule has 0 unspecified atom stereocenters. The lowest BCUT2D eigenvalue weighted by molar-refractivity contribution is -0.137. The molecule has 4 rings (SSSR count). The lowest BCUT2D eigenvalue weighted by Gasteiger charge is -2.08. The van der Waals surface area contributed by atoms with Crippen LogP contribution >= 0.6 is 0 Å². The van der Waals surface area contributed by atoms with Crippen LogP contribution in [0, 0.1) is 6.92 Å². The summed E-state index contributed by atoms with van der Waals surface area (Å²) < 4.78 is 40.7. The number of nitrogens with one attached hydrogen (secondary N) is 1. The molecule has 1 aliphatic heterocycles. The van der Waals surface area contributed by atoms with Crippen LogP contribution in [0.3, 0.4) is 0 Å². The minimum atomic E-state index is -4.36. The van der Waals surface area contributed by atoms with Crippen LogP contribution in [-0.2, 0) is 12.7 Å². The number of aromatic nitrogens is 1. The lowest BCUT2D eigenvalue weighted by Crippen LogP contribution is -2.06. The molecule has 0 saturated carbocycles. The Morgan fingerprint density at radius 1 is 1.08 bits per heavy atom. The highest BCUT2D eigenvalue weighted by Gasteiger charge is 2.30. The monoisotopic (exact) mass is 343 g/mol. The van der Waals surface area contributed by atoms with E-state index < -0.39 is 11.7 Å². The fraction of sp³-hybridized carbons (Fsp3) is 0.211. The number of fused-ring (bicyclic) bond motifs is 3. The summed E-state index contributed by atoms with van der Waals surface area (Å²) in [5, 5.41) is 5.58. The van der Waals surface area contributed by atoms with Crippen LogP contribution in [0.2, 0.25) is 0 Å². The highest BCUT2D eigenvalue weighted by Crippen LogP contribution is 2.32. The largest absolute Gasteiger partial charge is 0.416 e. The van der Waals surface area contributed by atoms with Gasteiger partial charge in [0, 0.05) is 23.9 Å². The average Bonchev–Trinajstić information content (AvgIpc) is 3.13. The fourth-order valence-electron chi connectivity index (χ4n) is 3.42. The van der Waals surface area contributed by atoms with Crippen LogP contribution in [0.1, 0.15) is 23.2 Å². The van der Waals surface area contributed by atoms with E-state index in [0.29, 0.717) is 5.69 Å². The summed E-state index contributed by atoms with van der Waals surface area (Å²) in [6, 6.07) is 13.2. The zero-order valence-corrected chi connectivity index (χ0v) is 13.6. The van der Waals surface area contributed by atoms with Gasteiger partial charge in [-0.3, -0.25) is 5.43 Å². The minimum absolute atomic E-state index is 0.328. The van der Waals surface area contributed by atoms with Gasteiger partial charge in [0.05, 0.1) is 22.7 Å². The Bertz CT molecular complexity index is 983. The summed E-state index contributed by atoms with van der Waals surface area (Å²) in [7, 11) is 0. The van der Waals surface area contributed by atoms with Crippen LogP contribution in [0.5, 0.6) is 0 Å². The maximum atomic E-state index is 12.8. The standard InChI is InChI=1S/C19H16F3N3/c1-12-15-7-2-3-8-17(15)25-10-9-16(18(12)25)24-23-14-6-4-5-13(11-14)19(20,21)22/h2-8,11,23H,9-10H2,1H3. The molecular formula is C19H16F3N3. The van der Waals surface area contributed by atoms with Crippen molar-refractivity contribution in [3.63, 3.8) is 0 Å². The van der Waals surface area contributed by atoms with Gasteiger partial charge in [-0.05, 0) is 36.8 Å². The Kier molecular flexibility index (Phi) is 3.56. The zero-order valence-electron chi connectivity index (χ0n) is 13.6. The molecule has 1 aliphatic rings. The highest BCUT2D eigenvalue weighted by molar-refractivity contribution is 6.07. The third kappa shape index (κ3) is 2.67. The minimum Gasteiger partial charge on any atom is -0.339 e. The molecule has 0 saturated heterocycles. The summed E-state index contributed by atoms with van der Waals surface area (Å²) in [5.74, 6) is 0. The van der Waals surface area contributed by atoms with Gasteiger partial charge in [0.25, 0.3) is 0 Å². The van der Waals surface area contributed by atoms with E-state index in [1.807, 2.05) is 12.1 Å². The van der Waals surface area contributed by atoms with Crippen molar-refractivity contribution in [2.75, 3.05) is 5.43 Å². The average molecular weight is 343 g/mol. The van der Waals surface area contributed by atoms with Crippen molar-refractivity contribution in [2.45, 2.75) is 26.1 Å². The van der Waals surface area contributed by atoms with E-state index >= 15 is 0 Å². The van der Waals surface area contributed by atoms with Crippen LogP contribution in [0.4, 0.5) is 18.9 Å². The number of alkyl halides is 3. The first-order valence-corrected chi connectivity index (χ1v) is 8.03. The van der Waals surface area contributed by atoms with Crippen LogP contribution in [0.15, 0.2) is 53.6 Å². The highest BCUT2D eigenvalue weighted by atomic mass is 19.4. The SMILES string of the molecule is Cc1c2n(c3ccccc13)CCC2=NNc1cccc(C(F)(F)F)c1. The molecule has 1 aromatic heterocycles. The first-order chi connectivity index (χ1) is 11.9. The Morgan fingerprint density at radius 3 is 2.68 bits per heavy atom. The van der Waals surface area contributed by atoms with E-state index in [0.717, 1.165) is 42.1 Å². The molecule has 3 nitrogen and oxygen atoms in total. The van der Waals surface area contributed by atoms with E-state index in [1.165, 1.54) is 17.0 Å². The van der Waals surface area contributed by atoms with Gasteiger partial charge in [0.1, 0.15) is 0 Å². The molecule has 1 N–H and O–H groups in total. The Hall–Kier alpha value is -2.76. The van der Waals surface area contributed by atoms with Crippen molar-refractivity contribution < 1.29 is 13.2 Å². The third-order valence-corrected chi connectivity index (χ3v) is 4.58. The molecule has 2 heterocycles. The van der Waals surface area contributed by atoms with Gasteiger partial charge in [0.15, 0.2) is 0 Å². The number of hydrazone groups is 1. The van der Waals surface area contributed by atoms with Crippen molar-refractivity contribution in [1.82, 2.24) is 4.57 Å². The smallest absolute Gasteiger partial charge is 0.339 e. The van der Waals surface area contributed by atoms with Crippen molar-refractivity contribution in [3.8, 4) is 0 Å². The third-order valence-electron chi connectivity index (χ3n) is 4.58. The van der Waals surface area contributed by atoms with Gasteiger partial charge in [-0.1, -0.05) is 24.3 Å². The molecule has 0 fully saturated rings. The van der Waals surface area contributed by atoms with E-state index in [4.69, 9.17) is 0 Å². The number of benzene rings is 2. The molecule has 0 amide bonds. The van der Waals surface area contributed by atoms with Crippen molar-refractivity contribution >= 4 is 22.3 Å². The first-order valence-electron chi connectivity index (χ1n) is 8.03. The molecular weight excluding hydrogens is 327 g/mol. The summed E-state index contributed by atoms with van der Waals surface area (Å²) in [5.41, 5.74) is 6.67. The fourth-order valence-corrected chi connectivity index (χ4v) is 3.42. The van der Waals surface area contributed by atoms with Gasteiger partial charge >= 0.3 is 6.18 Å². The van der Waals surface area contributed by atoms with Crippen LogP contribution in [0.25, 0.3) is 10.9 Å². The molecule has 0 atom stereocenters. The maximum Gasteiger partial charge on any atom is 0.416 e. The molecule has 0 bridgehead atoms. The number of halogens is 3. The maximum absolute atomic E-state index is 12.8. The van der Waals surface area contributed by atoms with Gasteiger partial charge in [-0.2, -0.15) is 18.3 Å². The quantitative estimate of drug-likeness (QED) is 0.638. The molecule has 3 aromatic rings. The van der Waals surface area contributed by atoms with Crippen LogP contribution in [-0.4, -0.2) is 10.3 Å². The Morgan fingerprint density at radius 2 is 1.88 bits per heavy atom. The molecule has 0 radical (unpaired) electrons. The molecule has 2 aromatic carbocycles. The van der Waals surface area contributed by atoms with Gasteiger partial charge in [-0.25, -0.2) is 0 Å². The second-order valence-electron chi connectivity index (χ2n) is 6.14. The molecule has 128 valence electrons. The number of rotatable bonds is 2. The van der Waals surface area contributed by atoms with Gasteiger partial charge in [-0.15, -0.1) is 0 Å². The van der Waals surface area contributed by atoms with Gasteiger partial charge < -0.3 is 4.57 Å². The number of aryl methyl sites for hydroxylation is 2. The number of hydrogen-bond donors (Lipinski definition) is 1. The predicted octanol–water partition coefficient (Wildman–Crippen LogP) is 5.19. The summed E-state index contributed by atoms with van der Waals surface area (Å²) in [4.78, 5) is 0. The summed E-state index contributed by atoms with van der Waals surface area (Å²) >= 11 is 0. The molecule has 25 heavy (non-hydrogen) atoms. The lowest BCUT2D eigenvalue weighted by atomic mass is 10.1. The second kappa shape index (κ2) is 5.65. The molecule has 6 heteroatoms. The Balaban J connectivity index is 1.68. The summed E-state index contributed by atoms with van der Waals surface area (Å²) in [6.45, 7) is 2.88. The number of para-hydroxylation sites is 1.